The molecule has 2 aliphatic heterocycles. The molecule has 5 rings (SSSR count). The fourth-order valence-corrected chi connectivity index (χ4v) is 5.26. The van der Waals surface area contributed by atoms with Crippen LogP contribution in [0, 0.1) is 5.82 Å². The molecule has 0 radical (unpaired) electrons. The van der Waals surface area contributed by atoms with E-state index in [1.165, 1.54) is 43.5 Å². The zero-order valence-corrected chi connectivity index (χ0v) is 23.1. The van der Waals surface area contributed by atoms with Crippen LogP contribution in [-0.2, 0) is 11.1 Å². The molecule has 3 aromatic rings. The Kier molecular flexibility index (Phi) is 7.98. The van der Waals surface area contributed by atoms with Crippen molar-refractivity contribution in [3.8, 4) is 28.5 Å². The number of carbonyl (C=O) groups is 1. The standard InChI is InChI=1S/C31H30F4N2O5/c1-3-15-41-24-10-7-20(16-25(24)40-2)23(38)11-13-30(39,31(33,34)35)26-17-22-28(42-18-29(22)12-4-14-36-29)27(37-26)19-5-8-21(32)9-6-19/h5-10,14,16-17,39H,3-4,11-13,15,18H2,1-2H3. The van der Waals surface area contributed by atoms with Gasteiger partial charge in [-0.3, -0.25) is 9.79 Å². The molecule has 1 spiro atoms. The lowest BCUT2D eigenvalue weighted by Gasteiger charge is -2.31. The lowest BCUT2D eigenvalue weighted by molar-refractivity contribution is -0.270. The average molecular weight is 587 g/mol. The maximum absolute atomic E-state index is 14.7. The number of carbonyl (C=O) groups excluding carboxylic acids is 1. The van der Waals surface area contributed by atoms with E-state index in [0.29, 0.717) is 36.3 Å². The van der Waals surface area contributed by atoms with E-state index in [0.717, 1.165) is 18.6 Å². The number of aromatic nitrogens is 1. The van der Waals surface area contributed by atoms with Crippen molar-refractivity contribution in [2.75, 3.05) is 20.3 Å². The number of halogens is 4. The first-order valence-corrected chi connectivity index (χ1v) is 13.6. The van der Waals surface area contributed by atoms with E-state index in [1.54, 1.807) is 6.21 Å². The predicted octanol–water partition coefficient (Wildman–Crippen LogP) is 6.55. The lowest BCUT2D eigenvalue weighted by atomic mass is 9.84. The van der Waals surface area contributed by atoms with Gasteiger partial charge in [0.15, 0.2) is 23.0 Å². The van der Waals surface area contributed by atoms with Crippen molar-refractivity contribution in [2.24, 2.45) is 4.99 Å². The summed E-state index contributed by atoms with van der Waals surface area (Å²) in [5, 5.41) is 11.3. The second kappa shape index (κ2) is 11.4. The van der Waals surface area contributed by atoms with Gasteiger partial charge in [0, 0.05) is 29.3 Å². The molecular weight excluding hydrogens is 556 g/mol. The molecule has 1 aromatic heterocycles. The molecule has 0 fully saturated rings. The summed E-state index contributed by atoms with van der Waals surface area (Å²) in [4.78, 5) is 21.8. The molecular formula is C31H30F4N2O5. The van der Waals surface area contributed by atoms with Gasteiger partial charge in [-0.2, -0.15) is 13.2 Å². The summed E-state index contributed by atoms with van der Waals surface area (Å²) in [6, 6.07) is 10.6. The first kappa shape index (κ1) is 29.5. The molecule has 3 heterocycles. The number of Topliss-reactive ketones (excluding diaryl/α,β-unsaturated/α-hetero) is 1. The third-order valence-corrected chi connectivity index (χ3v) is 7.63. The van der Waals surface area contributed by atoms with E-state index in [1.807, 2.05) is 6.92 Å². The molecule has 0 saturated heterocycles. The van der Waals surface area contributed by atoms with Gasteiger partial charge in [0.2, 0.25) is 5.60 Å². The maximum atomic E-state index is 14.7. The minimum atomic E-state index is -5.18. The third kappa shape index (κ3) is 5.33. The van der Waals surface area contributed by atoms with E-state index < -0.39 is 47.5 Å². The van der Waals surface area contributed by atoms with Crippen molar-refractivity contribution in [3.05, 3.63) is 71.2 Å². The van der Waals surface area contributed by atoms with Crippen LogP contribution in [0.2, 0.25) is 0 Å². The van der Waals surface area contributed by atoms with Crippen molar-refractivity contribution in [3.63, 3.8) is 0 Å². The van der Waals surface area contributed by atoms with Crippen molar-refractivity contribution >= 4 is 12.0 Å². The molecule has 0 aliphatic carbocycles. The highest BCUT2D eigenvalue weighted by atomic mass is 19.4. The van der Waals surface area contributed by atoms with Crippen molar-refractivity contribution in [1.82, 2.24) is 4.98 Å². The van der Waals surface area contributed by atoms with Crippen molar-refractivity contribution in [2.45, 2.75) is 56.3 Å². The Labute approximate surface area is 240 Å². The summed E-state index contributed by atoms with van der Waals surface area (Å²) in [6.45, 7) is 2.45. The van der Waals surface area contributed by atoms with Gasteiger partial charge in [0.1, 0.15) is 23.7 Å². The largest absolute Gasteiger partial charge is 0.493 e. The van der Waals surface area contributed by atoms with Gasteiger partial charge in [-0.25, -0.2) is 9.37 Å². The zero-order chi connectivity index (χ0) is 30.1. The Hall–Kier alpha value is -3.99. The van der Waals surface area contributed by atoms with E-state index >= 15 is 0 Å². The number of hydrogen-bond acceptors (Lipinski definition) is 7. The number of hydrogen-bond donors (Lipinski definition) is 1. The molecule has 2 unspecified atom stereocenters. The third-order valence-electron chi connectivity index (χ3n) is 7.63. The van der Waals surface area contributed by atoms with E-state index in [9.17, 15) is 27.5 Å². The molecule has 2 aromatic carbocycles. The van der Waals surface area contributed by atoms with Crippen LogP contribution < -0.4 is 14.2 Å². The molecule has 0 amide bonds. The molecule has 0 bridgehead atoms. The number of pyridine rings is 1. The molecule has 42 heavy (non-hydrogen) atoms. The smallest absolute Gasteiger partial charge is 0.422 e. The highest BCUT2D eigenvalue weighted by Crippen LogP contribution is 2.51. The second-order valence-corrected chi connectivity index (χ2v) is 10.4. The Morgan fingerprint density at radius 1 is 1.12 bits per heavy atom. The molecule has 222 valence electrons. The van der Waals surface area contributed by atoms with Gasteiger partial charge in [-0.05, 0) is 74.2 Å². The average Bonchev–Trinajstić information content (AvgIpc) is 3.61. The number of fused-ring (bicyclic) bond motifs is 2. The predicted molar refractivity (Wildman–Crippen MR) is 147 cm³/mol. The fraction of sp³-hybridized carbons (Fsp3) is 0.387. The minimum Gasteiger partial charge on any atom is -0.493 e. The highest BCUT2D eigenvalue weighted by Gasteiger charge is 2.57. The number of ketones is 1. The number of aliphatic imine (C=N–C) groups is 1. The zero-order valence-electron chi connectivity index (χ0n) is 23.1. The first-order valence-electron chi connectivity index (χ1n) is 13.6. The molecule has 11 heteroatoms. The SMILES string of the molecule is CCCOc1ccc(C(=O)CCC(O)(c2cc3c(c(-c4ccc(F)cc4)n2)OCC32CCC=N2)C(F)(F)F)cc1OC. The number of aliphatic hydroxyl groups is 1. The summed E-state index contributed by atoms with van der Waals surface area (Å²) in [7, 11) is 1.40. The number of ether oxygens (including phenoxy) is 3. The van der Waals surface area contributed by atoms with E-state index in [4.69, 9.17) is 14.2 Å². The summed E-state index contributed by atoms with van der Waals surface area (Å²) in [5.41, 5.74) is -4.26. The minimum absolute atomic E-state index is 0.0304. The molecule has 2 atom stereocenters. The van der Waals surface area contributed by atoms with Gasteiger partial charge in [0.25, 0.3) is 0 Å². The van der Waals surface area contributed by atoms with Gasteiger partial charge in [-0.15, -0.1) is 0 Å². The quantitative estimate of drug-likeness (QED) is 0.214. The van der Waals surface area contributed by atoms with Gasteiger partial charge in [0.05, 0.1) is 19.4 Å². The van der Waals surface area contributed by atoms with Crippen LogP contribution in [0.15, 0.2) is 53.5 Å². The Morgan fingerprint density at radius 2 is 1.88 bits per heavy atom. The van der Waals surface area contributed by atoms with Crippen LogP contribution in [-0.4, -0.2) is 48.6 Å². The van der Waals surface area contributed by atoms with Crippen molar-refractivity contribution in [1.29, 1.82) is 0 Å². The second-order valence-electron chi connectivity index (χ2n) is 10.4. The Bertz CT molecular complexity index is 1510. The lowest BCUT2D eigenvalue weighted by Crippen LogP contribution is -2.43. The maximum Gasteiger partial charge on any atom is 0.422 e. The van der Waals surface area contributed by atoms with Crippen LogP contribution >= 0.6 is 0 Å². The molecule has 0 saturated carbocycles. The monoisotopic (exact) mass is 586 g/mol. The molecule has 7 nitrogen and oxygen atoms in total. The van der Waals surface area contributed by atoms with E-state index in [2.05, 4.69) is 9.98 Å². The fourth-order valence-electron chi connectivity index (χ4n) is 5.26. The van der Waals surface area contributed by atoms with Gasteiger partial charge in [-0.1, -0.05) is 6.92 Å². The summed E-state index contributed by atoms with van der Waals surface area (Å²) >= 11 is 0. The van der Waals surface area contributed by atoms with Crippen LogP contribution in [0.5, 0.6) is 17.2 Å². The highest BCUT2D eigenvalue weighted by molar-refractivity contribution is 5.96. The number of nitrogens with zero attached hydrogens (tertiary/aromatic N) is 2. The van der Waals surface area contributed by atoms with Crippen LogP contribution in [0.4, 0.5) is 17.6 Å². The topological polar surface area (TPSA) is 90.2 Å². The molecule has 2 aliphatic rings. The Balaban J connectivity index is 1.53. The number of alkyl halides is 3. The van der Waals surface area contributed by atoms with Crippen LogP contribution in [0.25, 0.3) is 11.3 Å². The van der Waals surface area contributed by atoms with Crippen molar-refractivity contribution < 1.29 is 41.7 Å². The molecule has 1 N–H and O–H groups in total. The van der Waals surface area contributed by atoms with Crippen LogP contribution in [0.3, 0.4) is 0 Å². The normalized spacial score (nSPS) is 18.9. The van der Waals surface area contributed by atoms with Crippen LogP contribution in [0.1, 0.15) is 60.6 Å². The van der Waals surface area contributed by atoms with E-state index in [-0.39, 0.29) is 29.4 Å². The number of rotatable bonds is 10. The number of benzene rings is 2. The Morgan fingerprint density at radius 3 is 2.52 bits per heavy atom. The van der Waals surface area contributed by atoms with Gasteiger partial charge >= 0.3 is 6.18 Å². The first-order chi connectivity index (χ1) is 20.0. The number of methoxy groups -OCH3 is 1. The summed E-state index contributed by atoms with van der Waals surface area (Å²) in [5.74, 6) is -0.243. The summed E-state index contributed by atoms with van der Waals surface area (Å²) in [6.07, 6.45) is -3.26. The summed E-state index contributed by atoms with van der Waals surface area (Å²) < 4.78 is 74.5. The van der Waals surface area contributed by atoms with Gasteiger partial charge < -0.3 is 19.3 Å².